The zero-order chi connectivity index (χ0) is 15.2. The number of benzene rings is 1. The van der Waals surface area contributed by atoms with Gasteiger partial charge in [0.2, 0.25) is 0 Å². The van der Waals surface area contributed by atoms with Gasteiger partial charge in [-0.2, -0.15) is 0 Å². The average molecular weight is 294 g/mol. The molecule has 1 N–H and O–H groups in total. The summed E-state index contributed by atoms with van der Waals surface area (Å²) in [7, 11) is 0. The molecule has 1 aromatic carbocycles. The molecule has 0 aliphatic heterocycles. The largest absolute Gasteiger partial charge is 0.309 e. The summed E-state index contributed by atoms with van der Waals surface area (Å²) in [6, 6.07) is 14.5. The number of anilines is 1. The first-order valence-corrected chi connectivity index (χ1v) is 6.81. The summed E-state index contributed by atoms with van der Waals surface area (Å²) < 4.78 is 1.45. The molecule has 22 heavy (non-hydrogen) atoms. The van der Waals surface area contributed by atoms with Gasteiger partial charge in [0.15, 0.2) is 0 Å². The van der Waals surface area contributed by atoms with E-state index in [1.54, 1.807) is 18.3 Å². The highest BCUT2D eigenvalue weighted by molar-refractivity contribution is 5.92. The first kappa shape index (κ1) is 13.9. The maximum Gasteiger partial charge on any atom is 0.250 e. The molecule has 0 fully saturated rings. The van der Waals surface area contributed by atoms with Gasteiger partial charge in [-0.25, -0.2) is 9.67 Å². The monoisotopic (exact) mass is 294 g/mol. The van der Waals surface area contributed by atoms with Gasteiger partial charge < -0.3 is 5.32 Å². The van der Waals surface area contributed by atoms with Gasteiger partial charge in [-0.05, 0) is 28.1 Å². The van der Waals surface area contributed by atoms with E-state index >= 15 is 0 Å². The van der Waals surface area contributed by atoms with Crippen molar-refractivity contribution in [3.8, 4) is 0 Å². The Morgan fingerprint density at radius 3 is 2.64 bits per heavy atom. The van der Waals surface area contributed by atoms with Crippen LogP contribution in [0.2, 0.25) is 0 Å². The number of carbonyl (C=O) groups excluding carboxylic acids is 1. The van der Waals surface area contributed by atoms with Gasteiger partial charge in [-0.1, -0.05) is 36.4 Å². The van der Waals surface area contributed by atoms with Crippen molar-refractivity contribution in [1.82, 2.24) is 25.2 Å². The highest BCUT2D eigenvalue weighted by Gasteiger charge is 2.22. The lowest BCUT2D eigenvalue weighted by molar-refractivity contribution is -0.119. The molecule has 1 amide bonds. The topological polar surface area (TPSA) is 85.6 Å². The van der Waals surface area contributed by atoms with Crippen molar-refractivity contribution < 1.29 is 4.79 Å². The van der Waals surface area contributed by atoms with Crippen molar-refractivity contribution in [2.45, 2.75) is 12.5 Å². The van der Waals surface area contributed by atoms with Gasteiger partial charge in [0.1, 0.15) is 18.2 Å². The van der Waals surface area contributed by atoms with Crippen LogP contribution in [0.25, 0.3) is 0 Å². The lowest BCUT2D eigenvalue weighted by Gasteiger charge is -2.16. The summed E-state index contributed by atoms with van der Waals surface area (Å²) in [5.41, 5.74) is 1.03. The molecular weight excluding hydrogens is 280 g/mol. The van der Waals surface area contributed by atoms with E-state index in [0.29, 0.717) is 12.2 Å². The van der Waals surface area contributed by atoms with E-state index in [1.165, 1.54) is 11.0 Å². The van der Waals surface area contributed by atoms with Crippen LogP contribution in [0.4, 0.5) is 5.82 Å². The SMILES string of the molecule is O=C(Nc1ccccn1)[C@H](Cc1ccccc1)n1cnnn1. The maximum absolute atomic E-state index is 12.5. The van der Waals surface area contributed by atoms with Gasteiger partial charge in [-0.3, -0.25) is 4.79 Å². The predicted octanol–water partition coefficient (Wildman–Crippen LogP) is 1.49. The summed E-state index contributed by atoms with van der Waals surface area (Å²) in [6.45, 7) is 0. The Labute approximate surface area is 127 Å². The molecule has 2 heterocycles. The Balaban J connectivity index is 1.81. The second kappa shape index (κ2) is 6.57. The molecule has 0 aliphatic carbocycles. The third kappa shape index (κ3) is 3.32. The fraction of sp³-hybridized carbons (Fsp3) is 0.133. The van der Waals surface area contributed by atoms with Gasteiger partial charge in [-0.15, -0.1) is 5.10 Å². The van der Waals surface area contributed by atoms with E-state index in [4.69, 9.17) is 0 Å². The first-order valence-electron chi connectivity index (χ1n) is 6.81. The molecular formula is C15H14N6O. The van der Waals surface area contributed by atoms with Gasteiger partial charge >= 0.3 is 0 Å². The molecule has 7 nitrogen and oxygen atoms in total. The van der Waals surface area contributed by atoms with Crippen LogP contribution >= 0.6 is 0 Å². The van der Waals surface area contributed by atoms with Crippen molar-refractivity contribution in [1.29, 1.82) is 0 Å². The van der Waals surface area contributed by atoms with Crippen molar-refractivity contribution in [2.24, 2.45) is 0 Å². The summed E-state index contributed by atoms with van der Waals surface area (Å²) in [5, 5.41) is 13.9. The number of carbonyl (C=O) groups is 1. The smallest absolute Gasteiger partial charge is 0.250 e. The number of amides is 1. The summed E-state index contributed by atoms with van der Waals surface area (Å²) in [4.78, 5) is 16.6. The van der Waals surface area contributed by atoms with Crippen molar-refractivity contribution in [3.63, 3.8) is 0 Å². The third-order valence-electron chi connectivity index (χ3n) is 3.17. The van der Waals surface area contributed by atoms with Gasteiger partial charge in [0, 0.05) is 12.6 Å². The Morgan fingerprint density at radius 2 is 1.95 bits per heavy atom. The number of nitrogens with one attached hydrogen (secondary N) is 1. The molecule has 0 saturated heterocycles. The van der Waals surface area contributed by atoms with Crippen LogP contribution in [0, 0.1) is 0 Å². The Kier molecular flexibility index (Phi) is 4.15. The minimum Gasteiger partial charge on any atom is -0.309 e. The number of tetrazole rings is 1. The first-order chi connectivity index (χ1) is 10.8. The van der Waals surface area contributed by atoms with E-state index < -0.39 is 6.04 Å². The molecule has 3 rings (SSSR count). The summed E-state index contributed by atoms with van der Waals surface area (Å²) in [5.74, 6) is 0.286. The van der Waals surface area contributed by atoms with E-state index in [-0.39, 0.29) is 5.91 Å². The molecule has 2 aromatic heterocycles. The standard InChI is InChI=1S/C15H14N6O/c22-15(18-14-8-4-5-9-16-14)13(21-11-17-19-20-21)10-12-6-2-1-3-7-12/h1-9,11,13H,10H2,(H,16,18,22)/t13-/m0/s1. The fourth-order valence-electron chi connectivity index (χ4n) is 2.10. The number of rotatable bonds is 5. The molecule has 0 radical (unpaired) electrons. The van der Waals surface area contributed by atoms with E-state index in [9.17, 15) is 4.79 Å². The van der Waals surface area contributed by atoms with Crippen LogP contribution in [0.1, 0.15) is 11.6 Å². The third-order valence-corrected chi connectivity index (χ3v) is 3.17. The molecule has 0 spiro atoms. The molecule has 0 saturated carbocycles. The second-order valence-corrected chi connectivity index (χ2v) is 4.70. The number of pyridine rings is 1. The molecule has 7 heteroatoms. The van der Waals surface area contributed by atoms with Crippen molar-refractivity contribution in [2.75, 3.05) is 5.32 Å². The molecule has 0 bridgehead atoms. The predicted molar refractivity (Wildman–Crippen MR) is 79.9 cm³/mol. The highest BCUT2D eigenvalue weighted by atomic mass is 16.2. The number of aromatic nitrogens is 5. The Bertz CT molecular complexity index is 714. The normalized spacial score (nSPS) is 11.8. The quantitative estimate of drug-likeness (QED) is 0.770. The van der Waals surface area contributed by atoms with E-state index in [0.717, 1.165) is 5.56 Å². The lowest BCUT2D eigenvalue weighted by Crippen LogP contribution is -2.28. The van der Waals surface area contributed by atoms with Crippen LogP contribution in [-0.2, 0) is 11.2 Å². The molecule has 3 aromatic rings. The highest BCUT2D eigenvalue weighted by Crippen LogP contribution is 2.15. The van der Waals surface area contributed by atoms with Crippen LogP contribution in [0.5, 0.6) is 0 Å². The molecule has 1 atom stereocenters. The maximum atomic E-state index is 12.5. The second-order valence-electron chi connectivity index (χ2n) is 4.70. The molecule has 0 aliphatic rings. The molecule has 110 valence electrons. The van der Waals surface area contributed by atoms with E-state index in [2.05, 4.69) is 25.8 Å². The summed E-state index contributed by atoms with van der Waals surface area (Å²) >= 11 is 0. The summed E-state index contributed by atoms with van der Waals surface area (Å²) in [6.07, 6.45) is 3.55. The molecule has 0 unspecified atom stereocenters. The van der Waals surface area contributed by atoms with Crippen LogP contribution in [-0.4, -0.2) is 31.1 Å². The fourth-order valence-corrected chi connectivity index (χ4v) is 2.10. The van der Waals surface area contributed by atoms with Crippen LogP contribution in [0.15, 0.2) is 61.1 Å². The number of hydrogen-bond acceptors (Lipinski definition) is 5. The number of nitrogens with zero attached hydrogens (tertiary/aromatic N) is 5. The van der Waals surface area contributed by atoms with Crippen LogP contribution < -0.4 is 5.32 Å². The zero-order valence-corrected chi connectivity index (χ0v) is 11.7. The number of hydrogen-bond donors (Lipinski definition) is 1. The van der Waals surface area contributed by atoms with Crippen LogP contribution in [0.3, 0.4) is 0 Å². The zero-order valence-electron chi connectivity index (χ0n) is 11.7. The van der Waals surface area contributed by atoms with Crippen molar-refractivity contribution in [3.05, 3.63) is 66.6 Å². The average Bonchev–Trinajstić information content (AvgIpc) is 3.08. The van der Waals surface area contributed by atoms with Crippen molar-refractivity contribution >= 4 is 11.7 Å². The van der Waals surface area contributed by atoms with E-state index in [1.807, 2.05) is 36.4 Å². The van der Waals surface area contributed by atoms with Gasteiger partial charge in [0.25, 0.3) is 5.91 Å². The lowest BCUT2D eigenvalue weighted by atomic mass is 10.1. The van der Waals surface area contributed by atoms with Gasteiger partial charge in [0.05, 0.1) is 0 Å². The Hall–Kier alpha value is -3.09. The minimum atomic E-state index is -0.542. The Morgan fingerprint density at radius 1 is 1.14 bits per heavy atom. The minimum absolute atomic E-state index is 0.213.